The number of carbonyl (C=O) groups is 1. The van der Waals surface area contributed by atoms with Crippen LogP contribution in [0.1, 0.15) is 11.1 Å². The molecule has 0 bridgehead atoms. The van der Waals surface area contributed by atoms with Crippen LogP contribution in [0.2, 0.25) is 0 Å². The second kappa shape index (κ2) is 3.34. The normalized spacial score (nSPS) is 9.45. The Labute approximate surface area is 68.8 Å². The fourth-order valence-electron chi connectivity index (χ4n) is 0.819. The van der Waals surface area contributed by atoms with Gasteiger partial charge in [-0.2, -0.15) is 11.3 Å². The molecule has 0 spiro atoms. The summed E-state index contributed by atoms with van der Waals surface area (Å²) in [6.45, 7) is 3.58. The van der Waals surface area contributed by atoms with E-state index >= 15 is 0 Å². The van der Waals surface area contributed by atoms with Gasteiger partial charge in [0, 0.05) is 0 Å². The van der Waals surface area contributed by atoms with Crippen molar-refractivity contribution in [3.63, 3.8) is 0 Å². The van der Waals surface area contributed by atoms with Crippen molar-refractivity contribution in [2.45, 2.75) is 6.42 Å². The molecule has 1 rings (SSSR count). The summed E-state index contributed by atoms with van der Waals surface area (Å²) in [7, 11) is 0. The molecule has 11 heavy (non-hydrogen) atoms. The van der Waals surface area contributed by atoms with Crippen molar-refractivity contribution in [2.24, 2.45) is 0 Å². The summed E-state index contributed by atoms with van der Waals surface area (Å²) >= 11 is 1.50. The van der Waals surface area contributed by atoms with Crippen molar-refractivity contribution < 1.29 is 9.90 Å². The summed E-state index contributed by atoms with van der Waals surface area (Å²) in [4.78, 5) is 10.3. The molecular weight excluding hydrogens is 160 g/mol. The van der Waals surface area contributed by atoms with E-state index in [0.717, 1.165) is 11.1 Å². The first-order valence-electron chi connectivity index (χ1n) is 3.13. The van der Waals surface area contributed by atoms with Gasteiger partial charge in [-0.15, -0.1) is 0 Å². The maximum atomic E-state index is 10.3. The predicted octanol–water partition coefficient (Wildman–Crippen LogP) is 2.02. The van der Waals surface area contributed by atoms with Gasteiger partial charge in [-0.3, -0.25) is 4.79 Å². The highest BCUT2D eigenvalue weighted by molar-refractivity contribution is 7.08. The molecule has 0 aliphatic rings. The summed E-state index contributed by atoms with van der Waals surface area (Å²) < 4.78 is 0. The van der Waals surface area contributed by atoms with Gasteiger partial charge in [0.15, 0.2) is 0 Å². The molecule has 0 unspecified atom stereocenters. The molecule has 58 valence electrons. The summed E-state index contributed by atoms with van der Waals surface area (Å²) in [5, 5.41) is 12.2. The van der Waals surface area contributed by atoms with Gasteiger partial charge in [0.05, 0.1) is 6.42 Å². The lowest BCUT2D eigenvalue weighted by Gasteiger charge is -1.92. The van der Waals surface area contributed by atoms with E-state index in [4.69, 9.17) is 5.11 Å². The van der Waals surface area contributed by atoms with Crippen molar-refractivity contribution in [3.05, 3.63) is 28.5 Å². The topological polar surface area (TPSA) is 37.3 Å². The lowest BCUT2D eigenvalue weighted by atomic mass is 10.1. The van der Waals surface area contributed by atoms with E-state index in [1.165, 1.54) is 11.3 Å². The first-order chi connectivity index (χ1) is 5.24. The molecule has 0 radical (unpaired) electrons. The quantitative estimate of drug-likeness (QED) is 0.749. The number of thiophene rings is 1. The number of rotatable bonds is 3. The molecule has 3 heteroatoms. The summed E-state index contributed by atoms with van der Waals surface area (Å²) in [6.07, 6.45) is 1.76. The standard InChI is InChI=1S/C8H8O2S/c1-2-6-4-11-5-7(6)3-8(9)10/h2,4-5H,1,3H2,(H,9,10). The van der Waals surface area contributed by atoms with Crippen LogP contribution >= 0.6 is 11.3 Å². The first kappa shape index (κ1) is 8.01. The maximum Gasteiger partial charge on any atom is 0.307 e. The van der Waals surface area contributed by atoms with Crippen molar-refractivity contribution in [3.8, 4) is 0 Å². The van der Waals surface area contributed by atoms with E-state index in [-0.39, 0.29) is 6.42 Å². The molecule has 1 aromatic rings. The highest BCUT2D eigenvalue weighted by atomic mass is 32.1. The van der Waals surface area contributed by atoms with Crippen LogP contribution in [0.5, 0.6) is 0 Å². The monoisotopic (exact) mass is 168 g/mol. The Bertz CT molecular complexity index is 275. The number of hydrogen-bond donors (Lipinski definition) is 1. The van der Waals surface area contributed by atoms with E-state index < -0.39 is 5.97 Å². The smallest absolute Gasteiger partial charge is 0.307 e. The van der Waals surface area contributed by atoms with Crippen LogP contribution in [0, 0.1) is 0 Å². The highest BCUT2D eigenvalue weighted by Gasteiger charge is 2.04. The van der Waals surface area contributed by atoms with Crippen LogP contribution < -0.4 is 0 Å². The molecule has 1 heterocycles. The molecule has 0 atom stereocenters. The highest BCUT2D eigenvalue weighted by Crippen LogP contribution is 2.16. The largest absolute Gasteiger partial charge is 0.481 e. The summed E-state index contributed by atoms with van der Waals surface area (Å²) in [5.74, 6) is -0.800. The minimum atomic E-state index is -0.800. The Kier molecular flexibility index (Phi) is 2.44. The number of hydrogen-bond acceptors (Lipinski definition) is 2. The van der Waals surface area contributed by atoms with E-state index in [1.807, 2.05) is 10.8 Å². The van der Waals surface area contributed by atoms with Gasteiger partial charge < -0.3 is 5.11 Å². The molecule has 0 fully saturated rings. The van der Waals surface area contributed by atoms with Gasteiger partial charge in [0.25, 0.3) is 0 Å². The SMILES string of the molecule is C=Cc1cscc1CC(=O)O. The summed E-state index contributed by atoms with van der Waals surface area (Å²) in [6, 6.07) is 0. The second-order valence-electron chi connectivity index (χ2n) is 2.13. The molecule has 0 aromatic carbocycles. The van der Waals surface area contributed by atoms with Crippen LogP contribution in [0.25, 0.3) is 6.08 Å². The first-order valence-corrected chi connectivity index (χ1v) is 4.07. The number of carboxylic acid groups (broad SMARTS) is 1. The predicted molar refractivity (Wildman–Crippen MR) is 45.7 cm³/mol. The van der Waals surface area contributed by atoms with Gasteiger partial charge in [-0.1, -0.05) is 12.7 Å². The second-order valence-corrected chi connectivity index (χ2v) is 2.87. The van der Waals surface area contributed by atoms with Gasteiger partial charge in [-0.25, -0.2) is 0 Å². The van der Waals surface area contributed by atoms with Crippen LogP contribution in [0.15, 0.2) is 17.3 Å². The molecule has 1 N–H and O–H groups in total. The zero-order chi connectivity index (χ0) is 8.27. The van der Waals surface area contributed by atoms with Crippen LogP contribution in [0.3, 0.4) is 0 Å². The zero-order valence-corrected chi connectivity index (χ0v) is 6.73. The molecule has 1 aromatic heterocycles. The van der Waals surface area contributed by atoms with Crippen LogP contribution in [-0.4, -0.2) is 11.1 Å². The number of aliphatic carboxylic acids is 1. The van der Waals surface area contributed by atoms with Gasteiger partial charge >= 0.3 is 5.97 Å². The van der Waals surface area contributed by atoms with E-state index in [1.54, 1.807) is 6.08 Å². The molecule has 0 saturated heterocycles. The van der Waals surface area contributed by atoms with Gasteiger partial charge in [-0.05, 0) is 21.9 Å². The Morgan fingerprint density at radius 3 is 3.00 bits per heavy atom. The third-order valence-corrected chi connectivity index (χ3v) is 2.15. The van der Waals surface area contributed by atoms with Crippen molar-refractivity contribution in [1.82, 2.24) is 0 Å². The van der Waals surface area contributed by atoms with E-state index in [9.17, 15) is 4.79 Å². The van der Waals surface area contributed by atoms with Gasteiger partial charge in [0.1, 0.15) is 0 Å². The Balaban J connectivity index is 2.84. The molecule has 0 saturated carbocycles. The average Bonchev–Trinajstić information content (AvgIpc) is 2.34. The third-order valence-electron chi connectivity index (χ3n) is 1.34. The van der Waals surface area contributed by atoms with E-state index in [0.29, 0.717) is 0 Å². The van der Waals surface area contributed by atoms with Crippen molar-refractivity contribution >= 4 is 23.4 Å². The Morgan fingerprint density at radius 2 is 2.45 bits per heavy atom. The Morgan fingerprint density at radius 1 is 1.73 bits per heavy atom. The Hall–Kier alpha value is -1.09. The van der Waals surface area contributed by atoms with Crippen LogP contribution in [-0.2, 0) is 11.2 Å². The fraction of sp³-hybridized carbons (Fsp3) is 0.125. The maximum absolute atomic E-state index is 10.3. The van der Waals surface area contributed by atoms with Crippen molar-refractivity contribution in [1.29, 1.82) is 0 Å². The zero-order valence-electron chi connectivity index (χ0n) is 5.91. The average molecular weight is 168 g/mol. The summed E-state index contributed by atoms with van der Waals surface area (Å²) in [5.41, 5.74) is 1.77. The van der Waals surface area contributed by atoms with Gasteiger partial charge in [0.2, 0.25) is 0 Å². The van der Waals surface area contributed by atoms with Crippen LogP contribution in [0.4, 0.5) is 0 Å². The molecular formula is C8H8O2S. The minimum absolute atomic E-state index is 0.0881. The molecule has 0 aliphatic heterocycles. The fourth-order valence-corrected chi connectivity index (χ4v) is 1.66. The molecule has 0 amide bonds. The minimum Gasteiger partial charge on any atom is -0.481 e. The van der Waals surface area contributed by atoms with E-state index in [2.05, 4.69) is 6.58 Å². The molecule has 0 aliphatic carbocycles. The third kappa shape index (κ3) is 1.91. The molecule has 2 nitrogen and oxygen atoms in total. The van der Waals surface area contributed by atoms with Crippen molar-refractivity contribution in [2.75, 3.05) is 0 Å². The lowest BCUT2D eigenvalue weighted by Crippen LogP contribution is -1.99. The number of carboxylic acids is 1. The lowest BCUT2D eigenvalue weighted by molar-refractivity contribution is -0.136.